The van der Waals surface area contributed by atoms with E-state index in [2.05, 4.69) is 0 Å². The fraction of sp³-hybridized carbons (Fsp3) is 0.250. The Morgan fingerprint density at radius 1 is 1.69 bits per heavy atom. The largest absolute Gasteiger partial charge is 0.503 e. The molecule has 0 aromatic heterocycles. The summed E-state index contributed by atoms with van der Waals surface area (Å²) in [4.78, 5) is 10.4. The number of aliphatic hydroxyl groups excluding tert-OH is 1. The molecule has 0 bridgehead atoms. The molecule has 1 heterocycles. The SMILES string of the molecule is N[C@@H](CC1=CC=IC(O)=C1)C(=O)O. The quantitative estimate of drug-likeness (QED) is 0.676. The van der Waals surface area contributed by atoms with Crippen LogP contribution in [0.15, 0.2) is 21.5 Å². The minimum absolute atomic E-state index is 0.264. The summed E-state index contributed by atoms with van der Waals surface area (Å²) in [6.07, 6.45) is 3.70. The van der Waals surface area contributed by atoms with E-state index in [1.807, 2.05) is 10.1 Å². The van der Waals surface area contributed by atoms with Gasteiger partial charge in [-0.3, -0.25) is 4.79 Å². The molecule has 0 radical (unpaired) electrons. The van der Waals surface area contributed by atoms with Gasteiger partial charge in [0.05, 0.1) is 0 Å². The highest BCUT2D eigenvalue weighted by Crippen LogP contribution is 2.19. The lowest BCUT2D eigenvalue weighted by Gasteiger charge is -2.08. The van der Waals surface area contributed by atoms with Gasteiger partial charge in [-0.1, -0.05) is 6.08 Å². The topological polar surface area (TPSA) is 83.5 Å². The van der Waals surface area contributed by atoms with E-state index in [1.54, 1.807) is 6.08 Å². The van der Waals surface area contributed by atoms with Gasteiger partial charge in [0.15, 0.2) is 0 Å². The summed E-state index contributed by atoms with van der Waals surface area (Å²) in [5, 5.41) is 17.7. The third-order valence-electron chi connectivity index (χ3n) is 1.53. The van der Waals surface area contributed by atoms with Crippen molar-refractivity contribution in [2.24, 2.45) is 5.73 Å². The lowest BCUT2D eigenvalue weighted by atomic mass is 10.1. The molecular weight excluding hydrogens is 285 g/mol. The van der Waals surface area contributed by atoms with Crippen LogP contribution in [0.1, 0.15) is 6.42 Å². The Kier molecular flexibility index (Phi) is 3.61. The van der Waals surface area contributed by atoms with Gasteiger partial charge in [-0.2, -0.15) is 0 Å². The smallest absolute Gasteiger partial charge is 0.320 e. The van der Waals surface area contributed by atoms with Crippen molar-refractivity contribution in [3.8, 4) is 0 Å². The molecule has 0 saturated carbocycles. The number of aliphatic hydroxyl groups is 1. The minimum atomic E-state index is -1.02. The predicted molar refractivity (Wildman–Crippen MR) is 59.1 cm³/mol. The van der Waals surface area contributed by atoms with Crippen LogP contribution in [0.5, 0.6) is 0 Å². The summed E-state index contributed by atoms with van der Waals surface area (Å²) in [5.74, 6) is -1.02. The van der Waals surface area contributed by atoms with E-state index in [0.717, 1.165) is 5.57 Å². The predicted octanol–water partition coefficient (Wildman–Crippen LogP) is 0.901. The fourth-order valence-corrected chi connectivity index (χ4v) is 2.47. The van der Waals surface area contributed by atoms with E-state index in [-0.39, 0.29) is 27.2 Å². The van der Waals surface area contributed by atoms with Crippen LogP contribution in [0.3, 0.4) is 0 Å². The van der Waals surface area contributed by atoms with Crippen molar-refractivity contribution in [2.75, 3.05) is 0 Å². The average Bonchev–Trinajstić information content (AvgIpc) is 2.04. The number of carbonyl (C=O) groups is 1. The number of hydrogen-bond acceptors (Lipinski definition) is 3. The van der Waals surface area contributed by atoms with Gasteiger partial charge in [0, 0.05) is 0 Å². The molecule has 1 atom stereocenters. The van der Waals surface area contributed by atoms with Gasteiger partial charge in [0.1, 0.15) is 9.81 Å². The zero-order chi connectivity index (χ0) is 9.84. The minimum Gasteiger partial charge on any atom is -0.503 e. The molecule has 0 unspecified atom stereocenters. The van der Waals surface area contributed by atoms with Crippen LogP contribution in [-0.4, -0.2) is 26.2 Å². The Morgan fingerprint density at radius 3 is 2.92 bits per heavy atom. The third-order valence-corrected chi connectivity index (χ3v) is 3.20. The average molecular weight is 295 g/mol. The van der Waals surface area contributed by atoms with Crippen molar-refractivity contribution in [2.45, 2.75) is 12.5 Å². The summed E-state index contributed by atoms with van der Waals surface area (Å²) >= 11 is -0.390. The van der Waals surface area contributed by atoms with Crippen LogP contribution in [0, 0.1) is 0 Å². The normalized spacial score (nSPS) is 18.2. The molecule has 0 spiro atoms. The van der Waals surface area contributed by atoms with Crippen molar-refractivity contribution in [3.05, 3.63) is 21.5 Å². The van der Waals surface area contributed by atoms with E-state index >= 15 is 0 Å². The van der Waals surface area contributed by atoms with Gasteiger partial charge >= 0.3 is 5.97 Å². The number of carboxylic acids is 1. The number of hydrogen-bond donors (Lipinski definition) is 3. The van der Waals surface area contributed by atoms with Gasteiger partial charge < -0.3 is 15.9 Å². The Balaban J connectivity index is 2.61. The third kappa shape index (κ3) is 3.27. The second-order valence-corrected chi connectivity index (χ2v) is 5.04. The Bertz CT molecular complexity index is 307. The van der Waals surface area contributed by atoms with Gasteiger partial charge in [-0.05, 0) is 42.8 Å². The number of carboxylic acid groups (broad SMARTS) is 1. The number of nitrogens with two attached hydrogens (primary N) is 1. The standard InChI is InChI=1S/C8H10INO3/c10-6(8(12)13)3-5-1-2-9-7(11)4-5/h1-2,4,6,11H,3,10H2,(H,12,13)/t6-/m0/s1. The first-order chi connectivity index (χ1) is 6.09. The second-order valence-electron chi connectivity index (χ2n) is 2.59. The molecule has 1 aliphatic heterocycles. The monoisotopic (exact) mass is 295 g/mol. The molecule has 0 aromatic carbocycles. The molecule has 4 N–H and O–H groups in total. The Morgan fingerprint density at radius 2 is 2.38 bits per heavy atom. The number of aliphatic carboxylic acids is 1. The van der Waals surface area contributed by atoms with E-state index in [9.17, 15) is 9.90 Å². The molecule has 0 amide bonds. The van der Waals surface area contributed by atoms with Crippen LogP contribution >= 0.6 is 20.7 Å². The molecule has 0 aromatic rings. The van der Waals surface area contributed by atoms with Crippen molar-refractivity contribution in [1.82, 2.24) is 0 Å². The van der Waals surface area contributed by atoms with Crippen LogP contribution in [0.25, 0.3) is 0 Å². The number of allylic oxidation sites excluding steroid dienone is 2. The van der Waals surface area contributed by atoms with Gasteiger partial charge in [-0.15, -0.1) is 0 Å². The highest BCUT2D eigenvalue weighted by Gasteiger charge is 2.13. The van der Waals surface area contributed by atoms with E-state index in [1.165, 1.54) is 0 Å². The van der Waals surface area contributed by atoms with Gasteiger partial charge in [0.25, 0.3) is 0 Å². The molecule has 13 heavy (non-hydrogen) atoms. The van der Waals surface area contributed by atoms with Crippen molar-refractivity contribution in [1.29, 1.82) is 0 Å². The summed E-state index contributed by atoms with van der Waals surface area (Å²) < 4.78 is 2.24. The lowest BCUT2D eigenvalue weighted by Crippen LogP contribution is -2.30. The Hall–Kier alpha value is -0.690. The maximum atomic E-state index is 10.4. The fourth-order valence-electron chi connectivity index (χ4n) is 0.878. The molecule has 1 aliphatic rings. The molecule has 72 valence electrons. The maximum absolute atomic E-state index is 10.4. The van der Waals surface area contributed by atoms with Crippen LogP contribution < -0.4 is 5.73 Å². The lowest BCUT2D eigenvalue weighted by molar-refractivity contribution is -0.138. The zero-order valence-electron chi connectivity index (χ0n) is 6.77. The molecule has 0 saturated heterocycles. The molecule has 0 aliphatic carbocycles. The van der Waals surface area contributed by atoms with E-state index in [4.69, 9.17) is 10.8 Å². The molecule has 5 heteroatoms. The maximum Gasteiger partial charge on any atom is 0.320 e. The van der Waals surface area contributed by atoms with Crippen molar-refractivity contribution >= 4 is 30.7 Å². The van der Waals surface area contributed by atoms with Gasteiger partial charge in [0.2, 0.25) is 0 Å². The first-order valence-corrected chi connectivity index (χ1v) is 5.97. The van der Waals surface area contributed by atoms with Crippen molar-refractivity contribution < 1.29 is 15.0 Å². The van der Waals surface area contributed by atoms with Crippen LogP contribution in [-0.2, 0) is 4.79 Å². The summed E-state index contributed by atoms with van der Waals surface area (Å²) in [6, 6.07) is -0.889. The summed E-state index contributed by atoms with van der Waals surface area (Å²) in [6.45, 7) is 0. The molecule has 0 fully saturated rings. The number of rotatable bonds is 3. The van der Waals surface area contributed by atoms with Crippen molar-refractivity contribution in [3.63, 3.8) is 0 Å². The summed E-state index contributed by atoms with van der Waals surface area (Å²) in [7, 11) is 0. The first-order valence-electron chi connectivity index (χ1n) is 3.64. The van der Waals surface area contributed by atoms with E-state index in [0.29, 0.717) is 3.77 Å². The molecular formula is C8H10INO3. The summed E-state index contributed by atoms with van der Waals surface area (Å²) in [5.41, 5.74) is 6.11. The van der Waals surface area contributed by atoms with E-state index < -0.39 is 12.0 Å². The molecule has 4 nitrogen and oxygen atoms in total. The van der Waals surface area contributed by atoms with Gasteiger partial charge in [-0.25, -0.2) is 0 Å². The van der Waals surface area contributed by atoms with Crippen LogP contribution in [0.4, 0.5) is 0 Å². The highest BCUT2D eigenvalue weighted by atomic mass is 127. The highest BCUT2D eigenvalue weighted by molar-refractivity contribution is 14.2. The Labute approximate surface area is 85.5 Å². The van der Waals surface area contributed by atoms with Crippen LogP contribution in [0.2, 0.25) is 0 Å². The number of halogens is 1. The molecule has 1 rings (SSSR count). The first kappa shape index (κ1) is 10.4. The second kappa shape index (κ2) is 4.52. The zero-order valence-corrected chi connectivity index (χ0v) is 8.93.